The molecule has 5 atom stereocenters. The average molecular weight is 616 g/mol. The van der Waals surface area contributed by atoms with Crippen molar-refractivity contribution in [1.82, 2.24) is 0 Å². The summed E-state index contributed by atoms with van der Waals surface area (Å²) in [4.78, 5) is 26.0. The molecule has 1 aromatic heterocycles. The molecule has 0 radical (unpaired) electrons. The number of aromatic hydroxyl groups is 7. The number of rotatable bonds is 6. The Bertz CT molecular complexity index is 1790. The number of aliphatic hydroxyl groups excluding tert-OH is 3. The fourth-order valence-electron chi connectivity index (χ4n) is 4.46. The number of hydrogen-bond acceptors (Lipinski definition) is 16. The summed E-state index contributed by atoms with van der Waals surface area (Å²) in [6.07, 6.45) is -9.43. The van der Waals surface area contributed by atoms with Crippen molar-refractivity contribution in [2.45, 2.75) is 30.7 Å². The largest absolute Gasteiger partial charge is 0.508 e. The third kappa shape index (κ3) is 5.40. The number of ether oxygens (including phenoxy) is 3. The van der Waals surface area contributed by atoms with E-state index in [1.54, 1.807) is 0 Å². The molecule has 1 aliphatic heterocycles. The van der Waals surface area contributed by atoms with Crippen LogP contribution in [0.3, 0.4) is 0 Å². The smallest absolute Gasteiger partial charge is 0.338 e. The van der Waals surface area contributed by atoms with Crippen molar-refractivity contribution in [3.8, 4) is 57.3 Å². The van der Waals surface area contributed by atoms with Gasteiger partial charge in [0.1, 0.15) is 53.5 Å². The van der Waals surface area contributed by atoms with Gasteiger partial charge in [0.2, 0.25) is 17.5 Å². The first-order valence-electron chi connectivity index (χ1n) is 12.6. The van der Waals surface area contributed by atoms with Crippen molar-refractivity contribution in [1.29, 1.82) is 0 Å². The molecule has 1 aliphatic rings. The summed E-state index contributed by atoms with van der Waals surface area (Å²) < 4.78 is 21.9. The van der Waals surface area contributed by atoms with Crippen molar-refractivity contribution < 1.29 is 74.5 Å². The molecule has 0 aliphatic carbocycles. The summed E-state index contributed by atoms with van der Waals surface area (Å²) in [7, 11) is 0. The number of hydrogen-bond donors (Lipinski definition) is 10. The lowest BCUT2D eigenvalue weighted by molar-refractivity contribution is -0.277. The number of phenols is 7. The van der Waals surface area contributed by atoms with Crippen LogP contribution in [0.1, 0.15) is 10.4 Å². The summed E-state index contributed by atoms with van der Waals surface area (Å²) in [6, 6.07) is 6.70. The van der Waals surface area contributed by atoms with Crippen molar-refractivity contribution >= 4 is 16.9 Å². The van der Waals surface area contributed by atoms with Gasteiger partial charge in [0, 0.05) is 17.7 Å². The van der Waals surface area contributed by atoms with E-state index >= 15 is 0 Å². The first kappa shape index (κ1) is 30.1. The Labute approximate surface area is 244 Å². The van der Waals surface area contributed by atoms with Crippen LogP contribution in [0.15, 0.2) is 51.7 Å². The van der Waals surface area contributed by atoms with Crippen molar-refractivity contribution in [3.63, 3.8) is 0 Å². The summed E-state index contributed by atoms with van der Waals surface area (Å²) >= 11 is 0. The molecule has 0 saturated carbocycles. The van der Waals surface area contributed by atoms with E-state index in [1.807, 2.05) is 0 Å². The van der Waals surface area contributed by atoms with Gasteiger partial charge in [0.05, 0.1) is 5.56 Å². The molecule has 232 valence electrons. The normalized spacial score (nSPS) is 21.7. The van der Waals surface area contributed by atoms with Crippen LogP contribution in [0.4, 0.5) is 0 Å². The molecule has 5 rings (SSSR count). The Balaban J connectivity index is 1.48. The summed E-state index contributed by atoms with van der Waals surface area (Å²) in [5.74, 6) is -7.19. The van der Waals surface area contributed by atoms with E-state index in [1.165, 1.54) is 6.07 Å². The quantitative estimate of drug-likeness (QED) is 0.104. The Hall–Kier alpha value is -5.42. The summed E-state index contributed by atoms with van der Waals surface area (Å²) in [6.45, 7) is -0.795. The van der Waals surface area contributed by atoms with Gasteiger partial charge in [-0.1, -0.05) is 0 Å². The molecule has 1 fully saturated rings. The Morgan fingerprint density at radius 1 is 0.773 bits per heavy atom. The van der Waals surface area contributed by atoms with E-state index < -0.39 is 111 Å². The van der Waals surface area contributed by atoms with Crippen LogP contribution in [0.5, 0.6) is 46.0 Å². The van der Waals surface area contributed by atoms with Crippen molar-refractivity contribution in [3.05, 3.63) is 58.3 Å². The Morgan fingerprint density at radius 2 is 1.45 bits per heavy atom. The van der Waals surface area contributed by atoms with E-state index in [0.29, 0.717) is 0 Å². The number of carbonyl (C=O) groups excluding carboxylic acids is 1. The number of benzene rings is 3. The minimum Gasteiger partial charge on any atom is -0.508 e. The van der Waals surface area contributed by atoms with Gasteiger partial charge in [0.15, 0.2) is 34.5 Å². The second kappa shape index (κ2) is 11.3. The molecule has 44 heavy (non-hydrogen) atoms. The molecule has 4 aromatic rings. The Kier molecular flexibility index (Phi) is 7.75. The van der Waals surface area contributed by atoms with Crippen molar-refractivity contribution in [2.24, 2.45) is 0 Å². The van der Waals surface area contributed by atoms with Gasteiger partial charge < -0.3 is 69.7 Å². The second-order valence-electron chi connectivity index (χ2n) is 9.73. The van der Waals surface area contributed by atoms with Gasteiger partial charge in [-0.15, -0.1) is 0 Å². The average Bonchev–Trinajstić information content (AvgIpc) is 2.97. The fourth-order valence-corrected chi connectivity index (χ4v) is 4.46. The van der Waals surface area contributed by atoms with Crippen LogP contribution in [0, 0.1) is 0 Å². The molecule has 0 bridgehead atoms. The molecular formula is C28H24O16. The SMILES string of the molecule is O=C(OC[C@@H]1O[C@H](Oc2c(-c3ccc(O)c(O)c3)oc3cc(O)cc(O)c3c2=O)[C@@H](O)[C@H](O)[C@@H]1O)c1cc(O)c(O)c(O)c1. The van der Waals surface area contributed by atoms with Crippen LogP contribution >= 0.6 is 0 Å². The number of esters is 1. The molecular weight excluding hydrogens is 592 g/mol. The van der Waals surface area contributed by atoms with Crippen LogP contribution < -0.4 is 10.2 Å². The zero-order valence-corrected chi connectivity index (χ0v) is 22.1. The number of aliphatic hydroxyl groups is 3. The maximum absolute atomic E-state index is 13.5. The number of fused-ring (bicyclic) bond motifs is 1. The molecule has 0 unspecified atom stereocenters. The zero-order chi connectivity index (χ0) is 32.0. The highest BCUT2D eigenvalue weighted by Crippen LogP contribution is 2.40. The van der Waals surface area contributed by atoms with E-state index in [-0.39, 0.29) is 11.1 Å². The highest BCUT2D eigenvalue weighted by Gasteiger charge is 2.46. The monoisotopic (exact) mass is 616 g/mol. The highest BCUT2D eigenvalue weighted by molar-refractivity contribution is 5.91. The minimum atomic E-state index is -2.02. The van der Waals surface area contributed by atoms with Gasteiger partial charge in [0.25, 0.3) is 0 Å². The van der Waals surface area contributed by atoms with E-state index in [2.05, 4.69) is 0 Å². The van der Waals surface area contributed by atoms with E-state index in [4.69, 9.17) is 18.6 Å². The van der Waals surface area contributed by atoms with Gasteiger partial charge in [-0.2, -0.15) is 0 Å². The molecule has 16 nitrogen and oxygen atoms in total. The lowest BCUT2D eigenvalue weighted by Gasteiger charge is -2.39. The van der Waals surface area contributed by atoms with Gasteiger partial charge >= 0.3 is 5.97 Å². The molecule has 0 spiro atoms. The van der Waals surface area contributed by atoms with Gasteiger partial charge in [-0.25, -0.2) is 4.79 Å². The fraction of sp³-hybridized carbons (Fsp3) is 0.214. The predicted molar refractivity (Wildman–Crippen MR) is 144 cm³/mol. The third-order valence-electron chi connectivity index (χ3n) is 6.74. The first-order valence-corrected chi connectivity index (χ1v) is 12.6. The summed E-state index contributed by atoms with van der Waals surface area (Å²) in [5, 5.41) is 99.8. The van der Waals surface area contributed by atoms with Crippen molar-refractivity contribution in [2.75, 3.05) is 6.61 Å². The molecule has 0 amide bonds. The molecule has 10 N–H and O–H groups in total. The predicted octanol–water partition coefficient (Wildman–Crippen LogP) is 0.443. The minimum absolute atomic E-state index is 0.0612. The maximum atomic E-state index is 13.5. The van der Waals surface area contributed by atoms with Gasteiger partial charge in [-0.3, -0.25) is 4.79 Å². The lowest BCUT2D eigenvalue weighted by Crippen LogP contribution is -2.60. The van der Waals surface area contributed by atoms with Crippen LogP contribution in [-0.4, -0.2) is 94.3 Å². The molecule has 1 saturated heterocycles. The van der Waals surface area contributed by atoms with Gasteiger partial charge in [-0.05, 0) is 30.3 Å². The second-order valence-corrected chi connectivity index (χ2v) is 9.73. The molecule has 16 heteroatoms. The molecule has 3 aromatic carbocycles. The maximum Gasteiger partial charge on any atom is 0.338 e. The van der Waals surface area contributed by atoms with E-state index in [9.17, 15) is 60.7 Å². The highest BCUT2D eigenvalue weighted by atomic mass is 16.7. The topological polar surface area (TPSA) is 277 Å². The first-order chi connectivity index (χ1) is 20.8. The number of carbonyl (C=O) groups is 1. The Morgan fingerprint density at radius 3 is 2.11 bits per heavy atom. The number of phenolic OH excluding ortho intramolecular Hbond substituents is 7. The lowest BCUT2D eigenvalue weighted by atomic mass is 9.99. The van der Waals surface area contributed by atoms with E-state index in [0.717, 1.165) is 36.4 Å². The molecule has 2 heterocycles. The zero-order valence-electron chi connectivity index (χ0n) is 22.1. The standard InChI is InChI=1S/C28H24O16/c29-11-6-14(32)19-17(7-11)42-25(9-1-2-12(30)13(31)3-9)26(22(19)37)44-28-24(39)23(38)21(36)18(43-28)8-41-27(40)10-4-15(33)20(35)16(34)5-10/h1-7,18,21,23-24,28-36,38-39H,8H2/t18-,21+,23+,24-,28+/m0/s1. The van der Waals surface area contributed by atoms with Crippen LogP contribution in [-0.2, 0) is 9.47 Å². The van der Waals surface area contributed by atoms with Crippen LogP contribution in [0.2, 0.25) is 0 Å². The summed E-state index contributed by atoms with van der Waals surface area (Å²) in [5.41, 5.74) is -1.84. The van der Waals surface area contributed by atoms with Crippen LogP contribution in [0.25, 0.3) is 22.3 Å². The third-order valence-corrected chi connectivity index (χ3v) is 6.74.